The van der Waals surface area contributed by atoms with Crippen LogP contribution in [0.15, 0.2) is 30.3 Å². The molecule has 0 aliphatic carbocycles. The summed E-state index contributed by atoms with van der Waals surface area (Å²) in [6.45, 7) is 1.68. The van der Waals surface area contributed by atoms with E-state index >= 15 is 0 Å². The van der Waals surface area contributed by atoms with Gasteiger partial charge in [-0.2, -0.15) is 0 Å². The molecule has 0 bridgehead atoms. The molecule has 0 spiro atoms. The second kappa shape index (κ2) is 5.10. The maximum atomic E-state index is 12.5. The molecule has 6 heteroatoms. The topological polar surface area (TPSA) is 87.0 Å². The largest absolute Gasteiger partial charge is 0.508 e. The molecule has 22 heavy (non-hydrogen) atoms. The Hall–Kier alpha value is -2.40. The fraction of sp³-hybridized carbons (Fsp3) is 0.188. The van der Waals surface area contributed by atoms with Crippen molar-refractivity contribution < 1.29 is 24.9 Å². The van der Waals surface area contributed by atoms with Crippen molar-refractivity contribution in [1.29, 1.82) is 0 Å². The number of aromatic hydroxyl groups is 3. The molecule has 0 fully saturated rings. The Labute approximate surface area is 131 Å². The quantitative estimate of drug-likeness (QED) is 0.749. The molecule has 0 saturated heterocycles. The third-order valence-electron chi connectivity index (χ3n) is 3.76. The maximum Gasteiger partial charge on any atom is 0.177 e. The van der Waals surface area contributed by atoms with Crippen LogP contribution in [0.1, 0.15) is 28.9 Å². The lowest BCUT2D eigenvalue weighted by Gasteiger charge is -2.31. The number of phenolic OH excluding ortho intramolecular Hbond substituents is 3. The number of hydrogen-bond donors (Lipinski definition) is 3. The summed E-state index contributed by atoms with van der Waals surface area (Å²) in [5.41, 5.74) is 0.661. The SMILES string of the molecule is C[C@H]1C(=O)c2c(O)cc(O)c(Cl)c2O[C@@H]1c1ccc(O)cc1. The van der Waals surface area contributed by atoms with Crippen molar-refractivity contribution in [1.82, 2.24) is 0 Å². The van der Waals surface area contributed by atoms with Gasteiger partial charge in [-0.3, -0.25) is 4.79 Å². The fourth-order valence-corrected chi connectivity index (χ4v) is 2.76. The predicted octanol–water partition coefficient (Wildman–Crippen LogP) is 3.41. The van der Waals surface area contributed by atoms with Gasteiger partial charge in [0, 0.05) is 6.07 Å². The minimum absolute atomic E-state index is 0.0228. The fourth-order valence-electron chi connectivity index (χ4n) is 2.57. The van der Waals surface area contributed by atoms with Crippen LogP contribution in [0.25, 0.3) is 0 Å². The lowest BCUT2D eigenvalue weighted by molar-refractivity contribution is 0.0684. The van der Waals surface area contributed by atoms with Crippen LogP contribution in [-0.2, 0) is 0 Å². The van der Waals surface area contributed by atoms with Gasteiger partial charge < -0.3 is 20.1 Å². The first-order valence-corrected chi connectivity index (χ1v) is 7.02. The number of halogens is 1. The van der Waals surface area contributed by atoms with E-state index in [1.54, 1.807) is 19.1 Å². The highest BCUT2D eigenvalue weighted by atomic mass is 35.5. The van der Waals surface area contributed by atoms with E-state index in [9.17, 15) is 20.1 Å². The van der Waals surface area contributed by atoms with Gasteiger partial charge in [-0.15, -0.1) is 0 Å². The first-order valence-electron chi connectivity index (χ1n) is 6.64. The van der Waals surface area contributed by atoms with Crippen molar-refractivity contribution in [2.45, 2.75) is 13.0 Å². The zero-order chi connectivity index (χ0) is 16.0. The number of fused-ring (bicyclic) bond motifs is 1. The number of Topliss-reactive ketones (excluding diaryl/α,β-unsaturated/α-hetero) is 1. The van der Waals surface area contributed by atoms with Gasteiger partial charge in [-0.05, 0) is 17.7 Å². The van der Waals surface area contributed by atoms with Crippen molar-refractivity contribution in [2.24, 2.45) is 5.92 Å². The lowest BCUT2D eigenvalue weighted by Crippen LogP contribution is -2.29. The number of ketones is 1. The molecule has 0 aromatic heterocycles. The molecule has 114 valence electrons. The Balaban J connectivity index is 2.12. The third-order valence-corrected chi connectivity index (χ3v) is 4.13. The summed E-state index contributed by atoms with van der Waals surface area (Å²) >= 11 is 6.00. The van der Waals surface area contributed by atoms with Crippen LogP contribution in [0.3, 0.4) is 0 Å². The van der Waals surface area contributed by atoms with Crippen LogP contribution >= 0.6 is 11.6 Å². The predicted molar refractivity (Wildman–Crippen MR) is 79.8 cm³/mol. The summed E-state index contributed by atoms with van der Waals surface area (Å²) in [4.78, 5) is 12.5. The van der Waals surface area contributed by atoms with Gasteiger partial charge in [0.2, 0.25) is 0 Å². The summed E-state index contributed by atoms with van der Waals surface area (Å²) in [7, 11) is 0. The molecule has 1 aliphatic heterocycles. The second-order valence-corrected chi connectivity index (χ2v) is 5.59. The molecule has 3 rings (SSSR count). The average molecular weight is 321 g/mol. The monoisotopic (exact) mass is 320 g/mol. The third kappa shape index (κ3) is 2.14. The second-order valence-electron chi connectivity index (χ2n) is 5.22. The number of carbonyl (C=O) groups is 1. The molecule has 2 atom stereocenters. The van der Waals surface area contributed by atoms with Gasteiger partial charge in [-0.1, -0.05) is 30.7 Å². The van der Waals surface area contributed by atoms with Crippen molar-refractivity contribution in [2.75, 3.05) is 0 Å². The molecule has 0 saturated carbocycles. The lowest BCUT2D eigenvalue weighted by atomic mass is 9.86. The smallest absolute Gasteiger partial charge is 0.177 e. The van der Waals surface area contributed by atoms with Gasteiger partial charge in [-0.25, -0.2) is 0 Å². The molecule has 3 N–H and O–H groups in total. The highest BCUT2D eigenvalue weighted by Gasteiger charge is 2.39. The average Bonchev–Trinajstić information content (AvgIpc) is 2.48. The first kappa shape index (κ1) is 14.5. The summed E-state index contributed by atoms with van der Waals surface area (Å²) < 4.78 is 5.78. The summed E-state index contributed by atoms with van der Waals surface area (Å²) in [5, 5.41) is 28.8. The molecule has 0 amide bonds. The van der Waals surface area contributed by atoms with Crippen LogP contribution in [0.5, 0.6) is 23.0 Å². The van der Waals surface area contributed by atoms with Crippen LogP contribution < -0.4 is 4.74 Å². The van der Waals surface area contributed by atoms with E-state index in [2.05, 4.69) is 0 Å². The van der Waals surface area contributed by atoms with Gasteiger partial charge >= 0.3 is 0 Å². The highest BCUT2D eigenvalue weighted by molar-refractivity contribution is 6.34. The summed E-state index contributed by atoms with van der Waals surface area (Å²) in [6.07, 6.45) is -0.626. The Morgan fingerprint density at radius 3 is 2.36 bits per heavy atom. The molecule has 0 radical (unpaired) electrons. The van der Waals surface area contributed by atoms with Crippen LogP contribution in [0.4, 0.5) is 0 Å². The van der Waals surface area contributed by atoms with Crippen LogP contribution in [0, 0.1) is 5.92 Å². The van der Waals surface area contributed by atoms with Crippen molar-refractivity contribution in [3.63, 3.8) is 0 Å². The zero-order valence-electron chi connectivity index (χ0n) is 11.6. The molecule has 5 nitrogen and oxygen atoms in total. The summed E-state index contributed by atoms with van der Waals surface area (Å²) in [6, 6.07) is 7.30. The minimum Gasteiger partial charge on any atom is -0.508 e. The first-order chi connectivity index (χ1) is 10.4. The number of ether oxygens (including phenoxy) is 1. The molecule has 1 heterocycles. The zero-order valence-corrected chi connectivity index (χ0v) is 12.3. The van der Waals surface area contributed by atoms with E-state index in [-0.39, 0.29) is 39.4 Å². The van der Waals surface area contributed by atoms with Crippen LogP contribution in [0.2, 0.25) is 5.02 Å². The van der Waals surface area contributed by atoms with Crippen molar-refractivity contribution >= 4 is 17.4 Å². The molecule has 2 aromatic carbocycles. The molecular weight excluding hydrogens is 308 g/mol. The molecular formula is C16H13ClO5. The highest BCUT2D eigenvalue weighted by Crippen LogP contribution is 2.49. The van der Waals surface area contributed by atoms with Gasteiger partial charge in [0.25, 0.3) is 0 Å². The Morgan fingerprint density at radius 2 is 1.73 bits per heavy atom. The number of carbonyl (C=O) groups excluding carboxylic acids is 1. The van der Waals surface area contributed by atoms with Crippen LogP contribution in [-0.4, -0.2) is 21.1 Å². The number of rotatable bonds is 1. The van der Waals surface area contributed by atoms with E-state index < -0.39 is 12.0 Å². The van der Waals surface area contributed by atoms with E-state index in [0.717, 1.165) is 6.07 Å². The van der Waals surface area contributed by atoms with E-state index in [1.165, 1.54) is 12.1 Å². The summed E-state index contributed by atoms with van der Waals surface area (Å²) in [5.74, 6) is -1.52. The normalized spacial score (nSPS) is 20.4. The van der Waals surface area contributed by atoms with Crippen molar-refractivity contribution in [3.05, 3.63) is 46.5 Å². The van der Waals surface area contributed by atoms with Gasteiger partial charge in [0.15, 0.2) is 11.5 Å². The standard InChI is InChI=1S/C16H13ClO5/c1-7-14(21)12-10(19)6-11(20)13(17)16(12)22-15(7)8-2-4-9(18)5-3-8/h2-7,15,18-20H,1H3/t7-,15-/m0/s1. The van der Waals surface area contributed by atoms with E-state index in [0.29, 0.717) is 5.56 Å². The number of phenols is 3. The molecule has 0 unspecified atom stereocenters. The van der Waals surface area contributed by atoms with E-state index in [1.807, 2.05) is 0 Å². The number of hydrogen-bond acceptors (Lipinski definition) is 5. The van der Waals surface area contributed by atoms with Gasteiger partial charge in [0.05, 0.1) is 5.92 Å². The maximum absolute atomic E-state index is 12.5. The minimum atomic E-state index is -0.626. The Kier molecular flexibility index (Phi) is 3.37. The Bertz CT molecular complexity index is 754. The van der Waals surface area contributed by atoms with E-state index in [4.69, 9.17) is 16.3 Å². The van der Waals surface area contributed by atoms with Gasteiger partial charge in [0.1, 0.15) is 33.9 Å². The molecule has 2 aromatic rings. The Morgan fingerprint density at radius 1 is 1.09 bits per heavy atom. The number of benzene rings is 2. The van der Waals surface area contributed by atoms with Crippen molar-refractivity contribution in [3.8, 4) is 23.0 Å². The molecule has 1 aliphatic rings.